The maximum Gasteiger partial charge on any atom is 0.269 e. The zero-order chi connectivity index (χ0) is 23.3. The summed E-state index contributed by atoms with van der Waals surface area (Å²) in [7, 11) is 3.13. The predicted molar refractivity (Wildman–Crippen MR) is 125 cm³/mol. The highest BCUT2D eigenvalue weighted by atomic mass is 32.1. The molecule has 2 aromatic carbocycles. The smallest absolute Gasteiger partial charge is 0.269 e. The molecule has 0 aliphatic heterocycles. The van der Waals surface area contributed by atoms with Crippen molar-refractivity contribution in [3.05, 3.63) is 52.1 Å². The molecule has 0 N–H and O–H groups in total. The molecule has 0 aliphatic carbocycles. The summed E-state index contributed by atoms with van der Waals surface area (Å²) in [6, 6.07) is 9.25. The van der Waals surface area contributed by atoms with Gasteiger partial charge in [-0.15, -0.1) is 0 Å². The molecule has 170 valence electrons. The number of carbonyl (C=O) groups excluding carboxylic acids is 1. The first-order valence-electron chi connectivity index (χ1n) is 10.2. The standard InChI is InChI=1S/C22H26N4O5S/c1-5-24(6-2)11-12-25(21(27)15-7-9-16(10-8-15)26(28)29)22-23-17-13-18(30-3)19(31-4)14-20(17)32-22/h7-10,13-14H,5-6,11-12H2,1-4H3. The van der Waals surface area contributed by atoms with Gasteiger partial charge in [0, 0.05) is 42.9 Å². The van der Waals surface area contributed by atoms with Gasteiger partial charge < -0.3 is 14.4 Å². The summed E-state index contributed by atoms with van der Waals surface area (Å²) in [4.78, 5) is 32.4. The van der Waals surface area contributed by atoms with E-state index in [4.69, 9.17) is 9.47 Å². The minimum Gasteiger partial charge on any atom is -0.493 e. The number of carbonyl (C=O) groups is 1. The van der Waals surface area contributed by atoms with E-state index < -0.39 is 4.92 Å². The highest BCUT2D eigenvalue weighted by molar-refractivity contribution is 7.22. The number of anilines is 1. The number of non-ortho nitro benzene ring substituents is 1. The van der Waals surface area contributed by atoms with E-state index in [2.05, 4.69) is 23.7 Å². The summed E-state index contributed by atoms with van der Waals surface area (Å²) in [5.41, 5.74) is 1.01. The largest absolute Gasteiger partial charge is 0.493 e. The Balaban J connectivity index is 1.99. The number of benzene rings is 2. The normalized spacial score (nSPS) is 11.0. The fourth-order valence-corrected chi connectivity index (χ4v) is 4.31. The van der Waals surface area contributed by atoms with Gasteiger partial charge in [-0.1, -0.05) is 25.2 Å². The monoisotopic (exact) mass is 458 g/mol. The molecule has 0 radical (unpaired) electrons. The van der Waals surface area contributed by atoms with E-state index in [9.17, 15) is 14.9 Å². The van der Waals surface area contributed by atoms with Crippen LogP contribution in [0.25, 0.3) is 10.2 Å². The number of hydrogen-bond donors (Lipinski definition) is 0. The molecule has 0 saturated heterocycles. The van der Waals surface area contributed by atoms with E-state index in [0.717, 1.165) is 17.8 Å². The molecular weight excluding hydrogens is 432 g/mol. The lowest BCUT2D eigenvalue weighted by Gasteiger charge is -2.24. The van der Waals surface area contributed by atoms with Gasteiger partial charge in [0.1, 0.15) is 0 Å². The van der Waals surface area contributed by atoms with Crippen LogP contribution in [-0.2, 0) is 0 Å². The van der Waals surface area contributed by atoms with E-state index in [-0.39, 0.29) is 11.6 Å². The third kappa shape index (κ3) is 4.97. The van der Waals surface area contributed by atoms with Crippen molar-refractivity contribution < 1.29 is 19.2 Å². The second-order valence-corrected chi connectivity index (χ2v) is 7.97. The van der Waals surface area contributed by atoms with Crippen molar-refractivity contribution in [2.45, 2.75) is 13.8 Å². The molecule has 1 amide bonds. The van der Waals surface area contributed by atoms with Crippen molar-refractivity contribution in [1.82, 2.24) is 9.88 Å². The van der Waals surface area contributed by atoms with Gasteiger partial charge in [-0.05, 0) is 25.2 Å². The molecule has 0 bridgehead atoms. The summed E-state index contributed by atoms with van der Waals surface area (Å²) in [5, 5.41) is 11.5. The maximum atomic E-state index is 13.4. The van der Waals surface area contributed by atoms with Crippen LogP contribution in [0.4, 0.5) is 10.8 Å². The lowest BCUT2D eigenvalue weighted by atomic mass is 10.2. The third-order valence-corrected chi connectivity index (χ3v) is 6.26. The molecule has 0 fully saturated rings. The van der Waals surface area contributed by atoms with E-state index in [1.807, 2.05) is 6.07 Å². The number of ether oxygens (including phenoxy) is 2. The second kappa shape index (κ2) is 10.4. The number of aromatic nitrogens is 1. The first-order valence-corrected chi connectivity index (χ1v) is 11.0. The van der Waals surface area contributed by atoms with Crippen LogP contribution < -0.4 is 14.4 Å². The highest BCUT2D eigenvalue weighted by Crippen LogP contribution is 2.37. The Bertz CT molecular complexity index is 1050. The van der Waals surface area contributed by atoms with Crippen LogP contribution in [-0.4, -0.2) is 61.1 Å². The molecule has 9 nitrogen and oxygen atoms in total. The third-order valence-electron chi connectivity index (χ3n) is 5.22. The molecular formula is C22H26N4O5S. The average molecular weight is 459 g/mol. The van der Waals surface area contributed by atoms with Gasteiger partial charge in [-0.3, -0.25) is 19.8 Å². The van der Waals surface area contributed by atoms with Crippen LogP contribution in [0.2, 0.25) is 0 Å². The van der Waals surface area contributed by atoms with Crippen LogP contribution in [0.1, 0.15) is 24.2 Å². The van der Waals surface area contributed by atoms with Crippen molar-refractivity contribution in [1.29, 1.82) is 0 Å². The van der Waals surface area contributed by atoms with Crippen LogP contribution in [0.15, 0.2) is 36.4 Å². The molecule has 0 atom stereocenters. The Labute approximate surface area is 190 Å². The quantitative estimate of drug-likeness (QED) is 0.331. The summed E-state index contributed by atoms with van der Waals surface area (Å²) in [6.45, 7) is 6.99. The SMILES string of the molecule is CCN(CC)CCN(C(=O)c1ccc([N+](=O)[O-])cc1)c1nc2cc(OC)c(OC)cc2s1. The maximum absolute atomic E-state index is 13.4. The number of methoxy groups -OCH3 is 2. The Morgan fingerprint density at radius 3 is 2.25 bits per heavy atom. The zero-order valence-electron chi connectivity index (χ0n) is 18.5. The lowest BCUT2D eigenvalue weighted by molar-refractivity contribution is -0.384. The van der Waals surface area contributed by atoms with E-state index in [1.54, 1.807) is 25.2 Å². The first kappa shape index (κ1) is 23.4. The molecule has 1 heterocycles. The minimum absolute atomic E-state index is 0.0598. The Kier molecular flexibility index (Phi) is 7.60. The number of fused-ring (bicyclic) bond motifs is 1. The zero-order valence-corrected chi connectivity index (χ0v) is 19.3. The highest BCUT2D eigenvalue weighted by Gasteiger charge is 2.23. The molecule has 1 aromatic heterocycles. The lowest BCUT2D eigenvalue weighted by Crippen LogP contribution is -2.38. The fourth-order valence-electron chi connectivity index (χ4n) is 3.31. The van der Waals surface area contributed by atoms with Crippen LogP contribution in [0, 0.1) is 10.1 Å². The van der Waals surface area contributed by atoms with Gasteiger partial charge in [0.2, 0.25) is 0 Å². The molecule has 3 rings (SSSR count). The number of thiazole rings is 1. The Hall–Kier alpha value is -3.24. The minimum atomic E-state index is -0.485. The molecule has 0 unspecified atom stereocenters. The van der Waals surface area contributed by atoms with E-state index >= 15 is 0 Å². The van der Waals surface area contributed by atoms with Crippen molar-refractivity contribution >= 4 is 38.3 Å². The van der Waals surface area contributed by atoms with Gasteiger partial charge in [0.15, 0.2) is 16.6 Å². The number of nitrogens with zero attached hydrogens (tertiary/aromatic N) is 4. The Morgan fingerprint density at radius 2 is 1.69 bits per heavy atom. The predicted octanol–water partition coefficient (Wildman–Crippen LogP) is 4.21. The number of hydrogen-bond acceptors (Lipinski definition) is 8. The van der Waals surface area contributed by atoms with E-state index in [1.165, 1.54) is 35.6 Å². The van der Waals surface area contributed by atoms with Gasteiger partial charge in [-0.25, -0.2) is 4.98 Å². The molecule has 10 heteroatoms. The summed E-state index contributed by atoms with van der Waals surface area (Å²) in [5.74, 6) is 0.893. The molecule has 32 heavy (non-hydrogen) atoms. The van der Waals surface area contributed by atoms with Gasteiger partial charge >= 0.3 is 0 Å². The topological polar surface area (TPSA) is 98.0 Å². The number of nitro benzene ring substituents is 1. The van der Waals surface area contributed by atoms with Crippen LogP contribution >= 0.6 is 11.3 Å². The van der Waals surface area contributed by atoms with Gasteiger partial charge in [0.05, 0.1) is 29.4 Å². The van der Waals surface area contributed by atoms with Crippen molar-refractivity contribution in [3.63, 3.8) is 0 Å². The van der Waals surface area contributed by atoms with Crippen LogP contribution in [0.5, 0.6) is 11.5 Å². The summed E-state index contributed by atoms with van der Waals surface area (Å²) >= 11 is 1.38. The number of rotatable bonds is 10. The summed E-state index contributed by atoms with van der Waals surface area (Å²) in [6.07, 6.45) is 0. The molecule has 3 aromatic rings. The number of amides is 1. The fraction of sp³-hybridized carbons (Fsp3) is 0.364. The van der Waals surface area contributed by atoms with Crippen molar-refractivity contribution in [2.75, 3.05) is 45.3 Å². The number of likely N-dealkylation sites (N-methyl/N-ethyl adjacent to an activating group) is 1. The van der Waals surface area contributed by atoms with Crippen molar-refractivity contribution in [2.24, 2.45) is 0 Å². The summed E-state index contributed by atoms with van der Waals surface area (Å²) < 4.78 is 11.6. The van der Waals surface area contributed by atoms with E-state index in [0.29, 0.717) is 40.8 Å². The molecule has 0 spiro atoms. The van der Waals surface area contributed by atoms with Gasteiger partial charge in [0.25, 0.3) is 11.6 Å². The first-order chi connectivity index (χ1) is 15.4. The second-order valence-electron chi connectivity index (χ2n) is 6.96. The van der Waals surface area contributed by atoms with Crippen molar-refractivity contribution in [3.8, 4) is 11.5 Å². The van der Waals surface area contributed by atoms with Crippen LogP contribution in [0.3, 0.4) is 0 Å². The molecule has 0 aliphatic rings. The average Bonchev–Trinajstić information content (AvgIpc) is 3.23. The molecule has 0 saturated carbocycles. The van der Waals surface area contributed by atoms with Gasteiger partial charge in [-0.2, -0.15) is 0 Å². The number of nitro groups is 1. The Morgan fingerprint density at radius 1 is 1.06 bits per heavy atom.